The van der Waals surface area contributed by atoms with E-state index in [4.69, 9.17) is 31.5 Å². The molecule has 0 bridgehead atoms. The Balaban J connectivity index is 1.90. The second-order valence-corrected chi connectivity index (χ2v) is 5.06. The van der Waals surface area contributed by atoms with E-state index < -0.39 is 0 Å². The van der Waals surface area contributed by atoms with Crippen LogP contribution in [0.2, 0.25) is 5.02 Å². The number of hydrogen-bond donors (Lipinski definition) is 1. The molecule has 0 aliphatic heterocycles. The monoisotopic (exact) mass is 321 g/mol. The van der Waals surface area contributed by atoms with E-state index in [1.165, 1.54) is 0 Å². The highest BCUT2D eigenvalue weighted by atomic mass is 35.5. The van der Waals surface area contributed by atoms with E-state index in [1.54, 1.807) is 13.2 Å². The minimum atomic E-state index is 0.396. The lowest BCUT2D eigenvalue weighted by atomic mass is 10.1. The Morgan fingerprint density at radius 1 is 0.955 bits per heavy atom. The van der Waals surface area contributed by atoms with Gasteiger partial charge in [0.05, 0.1) is 12.1 Å². The van der Waals surface area contributed by atoms with Crippen molar-refractivity contribution in [1.82, 2.24) is 0 Å². The van der Waals surface area contributed by atoms with Gasteiger partial charge in [-0.3, -0.25) is 0 Å². The van der Waals surface area contributed by atoms with Crippen LogP contribution >= 0.6 is 11.6 Å². The number of rotatable bonds is 8. The first-order valence-corrected chi connectivity index (χ1v) is 7.49. The molecular formula is C17H20ClNO3. The van der Waals surface area contributed by atoms with Gasteiger partial charge in [-0.15, -0.1) is 0 Å². The highest BCUT2D eigenvalue weighted by Crippen LogP contribution is 2.28. The highest BCUT2D eigenvalue weighted by molar-refractivity contribution is 6.32. The topological polar surface area (TPSA) is 53.7 Å². The molecule has 0 radical (unpaired) electrons. The fourth-order valence-corrected chi connectivity index (χ4v) is 2.21. The number of ether oxygens (including phenoxy) is 3. The lowest BCUT2D eigenvalue weighted by molar-refractivity contribution is 0.211. The molecule has 0 saturated carbocycles. The van der Waals surface area contributed by atoms with Crippen LogP contribution in [0.1, 0.15) is 5.56 Å². The zero-order valence-electron chi connectivity index (χ0n) is 12.5. The first-order valence-electron chi connectivity index (χ1n) is 7.11. The molecule has 0 saturated heterocycles. The lowest BCUT2D eigenvalue weighted by Crippen LogP contribution is -2.10. The Morgan fingerprint density at radius 3 is 2.36 bits per heavy atom. The van der Waals surface area contributed by atoms with E-state index in [0.29, 0.717) is 42.0 Å². The molecule has 0 aliphatic rings. The Bertz CT molecular complexity index is 604. The zero-order chi connectivity index (χ0) is 15.8. The molecule has 2 N–H and O–H groups in total. The highest BCUT2D eigenvalue weighted by Gasteiger charge is 2.06. The SMILES string of the molecule is COc1ccc(CCN)cc1OCCOc1ccccc1Cl. The minimum absolute atomic E-state index is 0.396. The van der Waals surface area contributed by atoms with Crippen LogP contribution in [0, 0.1) is 0 Å². The molecule has 0 unspecified atom stereocenters. The van der Waals surface area contributed by atoms with Crippen molar-refractivity contribution in [2.24, 2.45) is 5.73 Å². The number of halogens is 1. The van der Waals surface area contributed by atoms with Crippen LogP contribution in [0.4, 0.5) is 0 Å². The van der Waals surface area contributed by atoms with Crippen LogP contribution in [-0.2, 0) is 6.42 Å². The van der Waals surface area contributed by atoms with Crippen molar-refractivity contribution in [3.63, 3.8) is 0 Å². The first kappa shape index (κ1) is 16.5. The number of para-hydroxylation sites is 1. The van der Waals surface area contributed by atoms with Crippen molar-refractivity contribution in [3.8, 4) is 17.2 Å². The van der Waals surface area contributed by atoms with Crippen LogP contribution < -0.4 is 19.9 Å². The molecule has 0 heterocycles. The average molecular weight is 322 g/mol. The normalized spacial score (nSPS) is 10.3. The van der Waals surface area contributed by atoms with E-state index in [0.717, 1.165) is 12.0 Å². The first-order chi connectivity index (χ1) is 10.7. The van der Waals surface area contributed by atoms with Crippen molar-refractivity contribution in [2.45, 2.75) is 6.42 Å². The predicted molar refractivity (Wildman–Crippen MR) is 88.2 cm³/mol. The van der Waals surface area contributed by atoms with Gasteiger partial charge in [-0.1, -0.05) is 29.8 Å². The molecule has 4 nitrogen and oxygen atoms in total. The fraction of sp³-hybridized carbons (Fsp3) is 0.294. The van der Waals surface area contributed by atoms with Gasteiger partial charge >= 0.3 is 0 Å². The van der Waals surface area contributed by atoms with Gasteiger partial charge in [0.1, 0.15) is 19.0 Å². The van der Waals surface area contributed by atoms with Gasteiger partial charge in [-0.05, 0) is 42.8 Å². The van der Waals surface area contributed by atoms with Gasteiger partial charge in [0.25, 0.3) is 0 Å². The summed E-state index contributed by atoms with van der Waals surface area (Å²) >= 11 is 6.03. The van der Waals surface area contributed by atoms with Crippen LogP contribution in [0.5, 0.6) is 17.2 Å². The largest absolute Gasteiger partial charge is 0.493 e. The third kappa shape index (κ3) is 4.55. The molecule has 2 aromatic rings. The summed E-state index contributed by atoms with van der Waals surface area (Å²) in [5.74, 6) is 2.03. The zero-order valence-corrected chi connectivity index (χ0v) is 13.3. The molecule has 5 heteroatoms. The maximum absolute atomic E-state index is 6.03. The molecule has 0 fully saturated rings. The smallest absolute Gasteiger partial charge is 0.161 e. The molecular weight excluding hydrogens is 302 g/mol. The molecule has 2 rings (SSSR count). The fourth-order valence-electron chi connectivity index (χ4n) is 2.02. The summed E-state index contributed by atoms with van der Waals surface area (Å²) in [5, 5.41) is 0.588. The van der Waals surface area contributed by atoms with E-state index in [1.807, 2.05) is 36.4 Å². The van der Waals surface area contributed by atoms with Crippen molar-refractivity contribution in [2.75, 3.05) is 26.9 Å². The van der Waals surface area contributed by atoms with Gasteiger partial charge < -0.3 is 19.9 Å². The Morgan fingerprint density at radius 2 is 1.68 bits per heavy atom. The van der Waals surface area contributed by atoms with Crippen LogP contribution in [0.25, 0.3) is 0 Å². The maximum Gasteiger partial charge on any atom is 0.161 e. The van der Waals surface area contributed by atoms with Crippen LogP contribution in [-0.4, -0.2) is 26.9 Å². The van der Waals surface area contributed by atoms with Gasteiger partial charge in [-0.2, -0.15) is 0 Å². The van der Waals surface area contributed by atoms with E-state index in [2.05, 4.69) is 0 Å². The third-order valence-electron chi connectivity index (χ3n) is 3.10. The quantitative estimate of drug-likeness (QED) is 0.758. The van der Waals surface area contributed by atoms with Crippen molar-refractivity contribution >= 4 is 11.6 Å². The van der Waals surface area contributed by atoms with Crippen molar-refractivity contribution in [1.29, 1.82) is 0 Å². The average Bonchev–Trinajstić information content (AvgIpc) is 2.54. The maximum atomic E-state index is 6.03. The van der Waals surface area contributed by atoms with E-state index in [9.17, 15) is 0 Å². The molecule has 0 spiro atoms. The third-order valence-corrected chi connectivity index (χ3v) is 3.41. The predicted octanol–water partition coefficient (Wildman–Crippen LogP) is 3.31. The Hall–Kier alpha value is -1.91. The second-order valence-electron chi connectivity index (χ2n) is 4.65. The lowest BCUT2D eigenvalue weighted by Gasteiger charge is -2.13. The summed E-state index contributed by atoms with van der Waals surface area (Å²) in [6, 6.07) is 13.2. The Labute approximate surface area is 135 Å². The molecule has 0 amide bonds. The Kier molecular flexibility index (Phi) is 6.37. The van der Waals surface area contributed by atoms with Gasteiger partial charge in [0, 0.05) is 0 Å². The second kappa shape index (κ2) is 8.51. The summed E-state index contributed by atoms with van der Waals surface area (Å²) in [4.78, 5) is 0. The minimum Gasteiger partial charge on any atom is -0.493 e. The molecule has 0 aliphatic carbocycles. The molecule has 0 atom stereocenters. The van der Waals surface area contributed by atoms with Crippen molar-refractivity contribution < 1.29 is 14.2 Å². The number of hydrogen-bond acceptors (Lipinski definition) is 4. The van der Waals surface area contributed by atoms with Gasteiger partial charge in [0.2, 0.25) is 0 Å². The molecule has 0 aromatic heterocycles. The standard InChI is InChI=1S/C17H20ClNO3/c1-20-16-7-6-13(8-9-19)12-17(16)22-11-10-21-15-5-3-2-4-14(15)18/h2-7,12H,8-11,19H2,1H3. The molecule has 118 valence electrons. The number of benzene rings is 2. The van der Waals surface area contributed by atoms with Crippen LogP contribution in [0.15, 0.2) is 42.5 Å². The number of methoxy groups -OCH3 is 1. The number of nitrogens with two attached hydrogens (primary N) is 1. The summed E-state index contributed by atoms with van der Waals surface area (Å²) in [7, 11) is 1.62. The van der Waals surface area contributed by atoms with Gasteiger partial charge in [0.15, 0.2) is 11.5 Å². The van der Waals surface area contributed by atoms with Crippen molar-refractivity contribution in [3.05, 3.63) is 53.1 Å². The molecule has 22 heavy (non-hydrogen) atoms. The van der Waals surface area contributed by atoms with Gasteiger partial charge in [-0.25, -0.2) is 0 Å². The summed E-state index contributed by atoms with van der Waals surface area (Å²) in [6.07, 6.45) is 0.802. The van der Waals surface area contributed by atoms with Crippen LogP contribution in [0.3, 0.4) is 0 Å². The summed E-state index contributed by atoms with van der Waals surface area (Å²) in [5.41, 5.74) is 6.69. The van der Waals surface area contributed by atoms with E-state index in [-0.39, 0.29) is 0 Å². The molecule has 2 aromatic carbocycles. The summed E-state index contributed by atoms with van der Waals surface area (Å²) in [6.45, 7) is 1.39. The summed E-state index contributed by atoms with van der Waals surface area (Å²) < 4.78 is 16.6. The van der Waals surface area contributed by atoms with E-state index >= 15 is 0 Å².